The van der Waals surface area contributed by atoms with E-state index in [-0.39, 0.29) is 5.38 Å². The number of anilines is 2. The molecule has 0 amide bonds. The van der Waals surface area contributed by atoms with E-state index in [1.165, 1.54) is 154 Å². The highest BCUT2D eigenvalue weighted by Crippen LogP contribution is 2.73. The monoisotopic (exact) mass is 840 g/mol. The molecule has 3 saturated carbocycles. The first-order chi connectivity index (χ1) is 28.5. The van der Waals surface area contributed by atoms with Crippen LogP contribution in [0.3, 0.4) is 0 Å². The summed E-state index contributed by atoms with van der Waals surface area (Å²) in [6.07, 6.45) is 17.7. The number of fused-ring (bicyclic) bond motifs is 1. The first-order valence-electron chi connectivity index (χ1n) is 22.7. The van der Waals surface area contributed by atoms with Gasteiger partial charge in [0, 0.05) is 30.0 Å². The SMILES string of the molecule is Cc1cc(C)c(N2CCN(c3c(C)cc(C)cc3C)C2=C2C(=C3C=C(c4ccccc4)c4ccccc43)C(Cl)(P(C3CCCCC3)C3CCCCC3)CCC2Cl)c(C)c1. The van der Waals surface area contributed by atoms with E-state index in [9.17, 15) is 0 Å². The Morgan fingerprint density at radius 3 is 1.58 bits per heavy atom. The lowest BCUT2D eigenvalue weighted by Crippen LogP contribution is -2.42. The number of aryl methyl sites for hydroxylation is 6. The van der Waals surface area contributed by atoms with Crippen LogP contribution < -0.4 is 9.80 Å². The van der Waals surface area contributed by atoms with Crippen molar-refractivity contribution in [2.75, 3.05) is 22.9 Å². The minimum absolute atomic E-state index is 0.185. The Bertz CT molecular complexity index is 2200. The lowest BCUT2D eigenvalue weighted by molar-refractivity contribution is 0.476. The maximum atomic E-state index is 9.02. The molecule has 59 heavy (non-hydrogen) atoms. The predicted molar refractivity (Wildman–Crippen MR) is 258 cm³/mol. The van der Waals surface area contributed by atoms with Crippen LogP contribution in [0.15, 0.2) is 102 Å². The van der Waals surface area contributed by atoms with Crippen molar-refractivity contribution in [2.24, 2.45) is 0 Å². The van der Waals surface area contributed by atoms with Crippen LogP contribution in [0.5, 0.6) is 0 Å². The number of nitrogens with zero attached hydrogens (tertiary/aromatic N) is 2. The van der Waals surface area contributed by atoms with Crippen molar-refractivity contribution >= 4 is 53.6 Å². The molecule has 2 atom stereocenters. The van der Waals surface area contributed by atoms with E-state index in [0.717, 1.165) is 25.9 Å². The molecule has 308 valence electrons. The smallest absolute Gasteiger partial charge is 0.118 e. The molecule has 1 aliphatic heterocycles. The van der Waals surface area contributed by atoms with Crippen molar-refractivity contribution in [1.82, 2.24) is 0 Å². The van der Waals surface area contributed by atoms with E-state index in [1.54, 1.807) is 0 Å². The third-order valence-corrected chi connectivity index (χ3v) is 19.6. The van der Waals surface area contributed by atoms with Gasteiger partial charge >= 0.3 is 0 Å². The second-order valence-corrected chi connectivity index (χ2v) is 23.0. The molecule has 0 N–H and O–H groups in total. The van der Waals surface area contributed by atoms with Crippen LogP contribution in [0.1, 0.15) is 127 Å². The fourth-order valence-corrected chi connectivity index (χ4v) is 18.1. The molecule has 4 aromatic carbocycles. The van der Waals surface area contributed by atoms with Crippen LogP contribution in [-0.4, -0.2) is 34.4 Å². The van der Waals surface area contributed by atoms with Crippen LogP contribution in [0.25, 0.3) is 11.1 Å². The van der Waals surface area contributed by atoms with Gasteiger partial charge in [-0.1, -0.05) is 136 Å². The lowest BCUT2D eigenvalue weighted by Gasteiger charge is -2.52. The van der Waals surface area contributed by atoms with Gasteiger partial charge in [-0.3, -0.25) is 0 Å². The molecular weight excluding hydrogens is 778 g/mol. The molecule has 4 aliphatic carbocycles. The molecule has 0 aromatic heterocycles. The molecule has 5 heteroatoms. The van der Waals surface area contributed by atoms with Crippen molar-refractivity contribution in [3.63, 3.8) is 0 Å². The van der Waals surface area contributed by atoms with Crippen molar-refractivity contribution < 1.29 is 0 Å². The fourth-order valence-electron chi connectivity index (χ4n) is 12.2. The molecule has 0 spiro atoms. The van der Waals surface area contributed by atoms with Gasteiger partial charge in [-0.15, -0.1) is 23.2 Å². The van der Waals surface area contributed by atoms with Gasteiger partial charge in [-0.25, -0.2) is 0 Å². The quantitative estimate of drug-likeness (QED) is 0.141. The Balaban J connectivity index is 1.41. The summed E-state index contributed by atoms with van der Waals surface area (Å²) in [5.74, 6) is 1.25. The maximum Gasteiger partial charge on any atom is 0.118 e. The van der Waals surface area contributed by atoms with Gasteiger partial charge in [0.2, 0.25) is 0 Å². The Morgan fingerprint density at radius 1 is 0.593 bits per heavy atom. The van der Waals surface area contributed by atoms with Gasteiger partial charge in [0.05, 0.1) is 9.99 Å². The maximum absolute atomic E-state index is 9.02. The number of alkyl halides is 2. The Labute approximate surface area is 366 Å². The number of hydrogen-bond donors (Lipinski definition) is 0. The molecule has 2 nitrogen and oxygen atoms in total. The van der Waals surface area contributed by atoms with Crippen LogP contribution in [0.4, 0.5) is 11.4 Å². The van der Waals surface area contributed by atoms with E-state index in [1.807, 2.05) is 0 Å². The zero-order valence-corrected chi connectivity index (χ0v) is 38.7. The topological polar surface area (TPSA) is 6.48 Å². The van der Waals surface area contributed by atoms with E-state index in [0.29, 0.717) is 11.3 Å². The molecule has 4 fully saturated rings. The minimum atomic E-state index is -0.593. The molecule has 9 rings (SSSR count). The molecule has 4 aromatic rings. The molecular formula is C54H63Cl2N2P. The average Bonchev–Trinajstić information content (AvgIpc) is 3.81. The Hall–Kier alpha value is -3.29. The standard InChI is InChI=1S/C54H63Cl2N2P/c1-35-30-37(3)51(38(4)31-35)57-28-29-58(52-39(5)32-36(2)33-40(52)6)53(57)49-48(55)26-27-54(56,59(42-20-12-8-13-21-42)43-22-14-9-15-23-43)50(49)47-34-46(41-18-10-7-11-19-41)44-24-16-17-25-45(44)47/h7,10-11,16-19,24-25,30-34,42-43,48H,8-9,12-15,20-23,26-29H2,1-6H3. The van der Waals surface area contributed by atoms with Crippen LogP contribution in [0.2, 0.25) is 0 Å². The highest BCUT2D eigenvalue weighted by atomic mass is 35.5. The number of rotatable bonds is 6. The number of hydrogen-bond acceptors (Lipinski definition) is 2. The molecule has 0 radical (unpaired) electrons. The lowest BCUT2D eigenvalue weighted by atomic mass is 9.82. The largest absolute Gasteiger partial charge is 0.325 e. The van der Waals surface area contributed by atoms with Crippen molar-refractivity contribution in [3.8, 4) is 0 Å². The highest BCUT2D eigenvalue weighted by Gasteiger charge is 2.54. The summed E-state index contributed by atoms with van der Waals surface area (Å²) in [4.78, 5) is 5.34. The second-order valence-electron chi connectivity index (χ2n) is 18.5. The van der Waals surface area contributed by atoms with Gasteiger partial charge < -0.3 is 9.80 Å². The second kappa shape index (κ2) is 16.9. The fraction of sp³-hybridized carbons (Fsp3) is 0.444. The van der Waals surface area contributed by atoms with E-state index in [4.69, 9.17) is 23.2 Å². The number of halogens is 2. The summed E-state index contributed by atoms with van der Waals surface area (Å²) in [6.45, 7) is 15.5. The van der Waals surface area contributed by atoms with Crippen LogP contribution in [-0.2, 0) is 0 Å². The Morgan fingerprint density at radius 2 is 1.07 bits per heavy atom. The van der Waals surface area contributed by atoms with Gasteiger partial charge in [-0.05, 0) is 153 Å². The zero-order valence-electron chi connectivity index (χ0n) is 36.3. The van der Waals surface area contributed by atoms with E-state index in [2.05, 4.69) is 136 Å². The highest BCUT2D eigenvalue weighted by molar-refractivity contribution is 7.63. The van der Waals surface area contributed by atoms with Gasteiger partial charge in [0.25, 0.3) is 0 Å². The summed E-state index contributed by atoms with van der Waals surface area (Å²) in [5.41, 5.74) is 21.0. The molecule has 1 saturated heterocycles. The average molecular weight is 842 g/mol. The Kier molecular flexibility index (Phi) is 11.7. The third-order valence-electron chi connectivity index (χ3n) is 14.3. The summed E-state index contributed by atoms with van der Waals surface area (Å²) < 4.78 is -0.507. The molecule has 2 unspecified atom stereocenters. The molecule has 5 aliphatic rings. The summed E-state index contributed by atoms with van der Waals surface area (Å²) in [7, 11) is -0.593. The predicted octanol–water partition coefficient (Wildman–Crippen LogP) is 15.5. The number of benzene rings is 4. The van der Waals surface area contributed by atoms with Gasteiger partial charge in [-0.2, -0.15) is 0 Å². The first kappa shape index (κ1) is 41.1. The normalized spacial score (nSPS) is 24.4. The molecule has 0 bridgehead atoms. The van der Waals surface area contributed by atoms with Crippen molar-refractivity contribution in [3.05, 3.63) is 152 Å². The minimum Gasteiger partial charge on any atom is -0.325 e. The van der Waals surface area contributed by atoms with Crippen LogP contribution >= 0.6 is 31.1 Å². The third kappa shape index (κ3) is 7.46. The van der Waals surface area contributed by atoms with Gasteiger partial charge in [0.1, 0.15) is 5.82 Å². The zero-order chi connectivity index (χ0) is 41.0. The summed E-state index contributed by atoms with van der Waals surface area (Å²) >= 11 is 17.1. The first-order valence-corrected chi connectivity index (χ1v) is 25.0. The summed E-state index contributed by atoms with van der Waals surface area (Å²) in [5, 5.41) is -0.185. The van der Waals surface area contributed by atoms with Crippen LogP contribution in [0, 0.1) is 41.5 Å². The van der Waals surface area contributed by atoms with Gasteiger partial charge in [0.15, 0.2) is 0 Å². The van der Waals surface area contributed by atoms with E-state index >= 15 is 0 Å². The van der Waals surface area contributed by atoms with E-state index < -0.39 is 12.5 Å². The van der Waals surface area contributed by atoms with Crippen molar-refractivity contribution in [1.29, 1.82) is 0 Å². The summed E-state index contributed by atoms with van der Waals surface area (Å²) in [6, 6.07) is 29.7. The molecule has 1 heterocycles. The van der Waals surface area contributed by atoms with Crippen molar-refractivity contribution in [2.45, 2.75) is 140 Å². The number of allylic oxidation sites excluding steroid dienone is 4.